The van der Waals surface area contributed by atoms with Crippen LogP contribution in [0.15, 0.2) is 0 Å². The molecule has 0 aromatic carbocycles. The van der Waals surface area contributed by atoms with Crippen molar-refractivity contribution in [2.24, 2.45) is 0 Å². The number of esters is 2. The lowest BCUT2D eigenvalue weighted by atomic mass is 10.2. The average Bonchev–Trinajstić information content (AvgIpc) is 2.33. The Balaban J connectivity index is 5.05. The molecule has 7 heteroatoms. The van der Waals surface area contributed by atoms with Crippen molar-refractivity contribution in [1.82, 2.24) is 5.32 Å². The minimum atomic E-state index is -1.03. The van der Waals surface area contributed by atoms with Crippen LogP contribution >= 0.6 is 11.8 Å². The first-order valence-electron chi connectivity index (χ1n) is 6.19. The van der Waals surface area contributed by atoms with E-state index in [0.717, 1.165) is 0 Å². The SMILES string of the molecule is CCOC(=O)[C@@H](NC(C)=O)[C@@H](SCC)C(=O)OCC. The molecule has 0 rings (SSSR count). The Morgan fingerprint density at radius 2 is 1.58 bits per heavy atom. The molecule has 6 nitrogen and oxygen atoms in total. The summed E-state index contributed by atoms with van der Waals surface area (Å²) in [6, 6.07) is -1.03. The van der Waals surface area contributed by atoms with Gasteiger partial charge in [-0.25, -0.2) is 4.79 Å². The number of nitrogens with one attached hydrogen (secondary N) is 1. The summed E-state index contributed by atoms with van der Waals surface area (Å²) in [7, 11) is 0. The lowest BCUT2D eigenvalue weighted by molar-refractivity contribution is -0.152. The molecule has 0 aliphatic heterocycles. The minimum Gasteiger partial charge on any atom is -0.465 e. The smallest absolute Gasteiger partial charge is 0.330 e. The van der Waals surface area contributed by atoms with Gasteiger partial charge in [0.1, 0.15) is 11.3 Å². The van der Waals surface area contributed by atoms with Crippen molar-refractivity contribution in [3.05, 3.63) is 0 Å². The highest BCUT2D eigenvalue weighted by Crippen LogP contribution is 2.18. The molecule has 0 aliphatic carbocycles. The molecule has 0 aromatic rings. The van der Waals surface area contributed by atoms with E-state index in [1.807, 2.05) is 6.92 Å². The van der Waals surface area contributed by atoms with Crippen LogP contribution in [-0.4, -0.2) is 48.1 Å². The molecule has 0 aromatic heterocycles. The number of ether oxygens (including phenoxy) is 2. The summed E-state index contributed by atoms with van der Waals surface area (Å²) in [6.07, 6.45) is 0. The third-order valence-electron chi connectivity index (χ3n) is 2.07. The first-order chi connectivity index (χ1) is 8.97. The highest BCUT2D eigenvalue weighted by Gasteiger charge is 2.36. The van der Waals surface area contributed by atoms with Crippen molar-refractivity contribution < 1.29 is 23.9 Å². The van der Waals surface area contributed by atoms with Crippen LogP contribution in [0.4, 0.5) is 0 Å². The van der Waals surface area contributed by atoms with Gasteiger partial charge in [-0.05, 0) is 19.6 Å². The van der Waals surface area contributed by atoms with Crippen LogP contribution in [0.2, 0.25) is 0 Å². The number of carbonyl (C=O) groups is 3. The number of carbonyl (C=O) groups excluding carboxylic acids is 3. The van der Waals surface area contributed by atoms with Crippen molar-refractivity contribution >= 4 is 29.6 Å². The minimum absolute atomic E-state index is 0.182. The quantitative estimate of drug-likeness (QED) is 0.664. The highest BCUT2D eigenvalue weighted by molar-refractivity contribution is 8.00. The van der Waals surface area contributed by atoms with Gasteiger partial charge in [0.15, 0.2) is 0 Å². The van der Waals surface area contributed by atoms with Crippen molar-refractivity contribution in [3.63, 3.8) is 0 Å². The van der Waals surface area contributed by atoms with Crippen LogP contribution in [0.25, 0.3) is 0 Å². The number of amides is 1. The third kappa shape index (κ3) is 6.47. The number of hydrogen-bond acceptors (Lipinski definition) is 6. The molecule has 0 fully saturated rings. The van der Waals surface area contributed by atoms with Crippen LogP contribution in [0, 0.1) is 0 Å². The Labute approximate surface area is 117 Å². The van der Waals surface area contributed by atoms with Gasteiger partial charge >= 0.3 is 11.9 Å². The van der Waals surface area contributed by atoms with Crippen LogP contribution in [0.3, 0.4) is 0 Å². The third-order valence-corrected chi connectivity index (χ3v) is 3.22. The molecule has 0 saturated carbocycles. The van der Waals surface area contributed by atoms with E-state index in [-0.39, 0.29) is 13.2 Å². The van der Waals surface area contributed by atoms with Gasteiger partial charge in [-0.2, -0.15) is 0 Å². The summed E-state index contributed by atoms with van der Waals surface area (Å²) in [4.78, 5) is 34.9. The number of hydrogen-bond donors (Lipinski definition) is 1. The van der Waals surface area contributed by atoms with E-state index in [1.165, 1.54) is 18.7 Å². The van der Waals surface area contributed by atoms with Gasteiger partial charge in [-0.15, -0.1) is 11.8 Å². The molecule has 0 bridgehead atoms. The van der Waals surface area contributed by atoms with Crippen LogP contribution < -0.4 is 5.32 Å². The lowest BCUT2D eigenvalue weighted by Gasteiger charge is -2.23. The van der Waals surface area contributed by atoms with E-state index in [4.69, 9.17) is 9.47 Å². The summed E-state index contributed by atoms with van der Waals surface area (Å²) in [5.74, 6) is -0.944. The van der Waals surface area contributed by atoms with E-state index >= 15 is 0 Å². The standard InChI is InChI=1S/C12H21NO5S/c1-5-17-11(15)9(13-8(4)14)10(19-7-3)12(16)18-6-2/h9-10H,5-7H2,1-4H3,(H,13,14)/t9-,10+/m0/s1. The fourth-order valence-corrected chi connectivity index (χ4v) is 2.35. The predicted octanol–water partition coefficient (Wildman–Crippen LogP) is 0.739. The average molecular weight is 291 g/mol. The molecule has 0 radical (unpaired) electrons. The van der Waals surface area contributed by atoms with Crippen LogP contribution in [-0.2, 0) is 23.9 Å². The maximum Gasteiger partial charge on any atom is 0.330 e. The summed E-state index contributed by atoms with van der Waals surface area (Å²) < 4.78 is 9.81. The molecule has 0 aliphatic rings. The fraction of sp³-hybridized carbons (Fsp3) is 0.750. The van der Waals surface area contributed by atoms with Gasteiger partial charge < -0.3 is 14.8 Å². The first-order valence-corrected chi connectivity index (χ1v) is 7.24. The molecular weight excluding hydrogens is 270 g/mol. The molecule has 110 valence electrons. The van der Waals surface area contributed by atoms with E-state index in [0.29, 0.717) is 5.75 Å². The van der Waals surface area contributed by atoms with E-state index in [2.05, 4.69) is 5.32 Å². The Kier molecular flexibility index (Phi) is 9.03. The lowest BCUT2D eigenvalue weighted by Crippen LogP contribution is -2.51. The molecule has 0 saturated heterocycles. The Bertz CT molecular complexity index is 321. The van der Waals surface area contributed by atoms with Gasteiger partial charge in [0.2, 0.25) is 5.91 Å². The zero-order valence-corrected chi connectivity index (χ0v) is 12.5. The van der Waals surface area contributed by atoms with Crippen molar-refractivity contribution in [3.8, 4) is 0 Å². The number of rotatable bonds is 8. The molecule has 0 heterocycles. The molecule has 0 unspecified atom stereocenters. The normalized spacial score (nSPS) is 13.3. The molecule has 0 spiro atoms. The second kappa shape index (κ2) is 9.66. The predicted molar refractivity (Wildman–Crippen MR) is 72.8 cm³/mol. The van der Waals surface area contributed by atoms with Crippen molar-refractivity contribution in [2.45, 2.75) is 39.0 Å². The fourth-order valence-electron chi connectivity index (χ4n) is 1.41. The van der Waals surface area contributed by atoms with Gasteiger partial charge in [0, 0.05) is 6.92 Å². The van der Waals surface area contributed by atoms with Crippen LogP contribution in [0.5, 0.6) is 0 Å². The second-order valence-electron chi connectivity index (χ2n) is 3.56. The number of thioether (sulfide) groups is 1. The van der Waals surface area contributed by atoms with Gasteiger partial charge in [0.25, 0.3) is 0 Å². The zero-order valence-electron chi connectivity index (χ0n) is 11.7. The first kappa shape index (κ1) is 17.8. The molecule has 1 N–H and O–H groups in total. The Morgan fingerprint density at radius 3 is 2.00 bits per heavy atom. The zero-order chi connectivity index (χ0) is 14.8. The maximum absolute atomic E-state index is 11.9. The van der Waals surface area contributed by atoms with Gasteiger partial charge in [0.05, 0.1) is 13.2 Å². The van der Waals surface area contributed by atoms with Crippen molar-refractivity contribution in [2.75, 3.05) is 19.0 Å². The van der Waals surface area contributed by atoms with Gasteiger partial charge in [-0.3, -0.25) is 9.59 Å². The summed E-state index contributed by atoms with van der Waals surface area (Å²) in [5.41, 5.74) is 0. The summed E-state index contributed by atoms with van der Waals surface area (Å²) in [6.45, 7) is 6.88. The summed E-state index contributed by atoms with van der Waals surface area (Å²) >= 11 is 1.24. The topological polar surface area (TPSA) is 81.7 Å². The largest absolute Gasteiger partial charge is 0.465 e. The molecule has 1 amide bonds. The molecule has 2 atom stereocenters. The van der Waals surface area contributed by atoms with Gasteiger partial charge in [-0.1, -0.05) is 6.92 Å². The summed E-state index contributed by atoms with van der Waals surface area (Å²) in [5, 5.41) is 1.66. The molecular formula is C12H21NO5S. The second-order valence-corrected chi connectivity index (χ2v) is 4.98. The van der Waals surface area contributed by atoms with Crippen molar-refractivity contribution in [1.29, 1.82) is 0 Å². The van der Waals surface area contributed by atoms with E-state index in [9.17, 15) is 14.4 Å². The van der Waals surface area contributed by atoms with E-state index < -0.39 is 29.1 Å². The maximum atomic E-state index is 11.9. The van der Waals surface area contributed by atoms with E-state index in [1.54, 1.807) is 13.8 Å². The Hall–Kier alpha value is -1.24. The Morgan fingerprint density at radius 1 is 1.05 bits per heavy atom. The molecule has 19 heavy (non-hydrogen) atoms. The monoisotopic (exact) mass is 291 g/mol. The van der Waals surface area contributed by atoms with Crippen LogP contribution in [0.1, 0.15) is 27.7 Å². The highest BCUT2D eigenvalue weighted by atomic mass is 32.2.